The van der Waals surface area contributed by atoms with Gasteiger partial charge in [0.1, 0.15) is 16.5 Å². The molecule has 1 aromatic carbocycles. The summed E-state index contributed by atoms with van der Waals surface area (Å²) < 4.78 is 17.8. The Morgan fingerprint density at radius 1 is 1.15 bits per heavy atom. The van der Waals surface area contributed by atoms with Gasteiger partial charge in [-0.25, -0.2) is 4.79 Å². The third kappa shape index (κ3) is 5.66. The van der Waals surface area contributed by atoms with E-state index in [0.29, 0.717) is 27.3 Å². The summed E-state index contributed by atoms with van der Waals surface area (Å²) in [5, 5.41) is 12.3. The van der Waals surface area contributed by atoms with Gasteiger partial charge in [-0.2, -0.15) is 0 Å². The van der Waals surface area contributed by atoms with Crippen molar-refractivity contribution in [1.29, 1.82) is 0 Å². The minimum Gasteiger partial charge on any atom is -0.497 e. The van der Waals surface area contributed by atoms with Crippen LogP contribution in [0.25, 0.3) is 0 Å². The lowest BCUT2D eigenvalue weighted by Crippen LogP contribution is -2.16. The normalized spacial score (nSPS) is 11.7. The maximum absolute atomic E-state index is 12.5. The van der Waals surface area contributed by atoms with E-state index in [1.165, 1.54) is 30.2 Å². The molecule has 1 unspecified atom stereocenters. The number of thioether (sulfide) groups is 1. The second kappa shape index (κ2) is 10.7. The van der Waals surface area contributed by atoms with E-state index in [1.54, 1.807) is 11.7 Å². The van der Waals surface area contributed by atoms with Crippen molar-refractivity contribution >= 4 is 40.0 Å². The topological polar surface area (TPSA) is 105 Å². The lowest BCUT2D eigenvalue weighted by molar-refractivity contribution is -0.113. The first kappa shape index (κ1) is 24.6. The molecule has 0 fully saturated rings. The fourth-order valence-corrected chi connectivity index (χ4v) is 4.86. The number of carbonyl (C=O) groups is 2. The van der Waals surface area contributed by atoms with Crippen molar-refractivity contribution < 1.29 is 23.8 Å². The molecule has 2 heterocycles. The van der Waals surface area contributed by atoms with Gasteiger partial charge in [-0.15, -0.1) is 21.5 Å². The Morgan fingerprint density at radius 3 is 2.45 bits per heavy atom. The molecule has 0 bridgehead atoms. The maximum Gasteiger partial charge on any atom is 0.341 e. The van der Waals surface area contributed by atoms with Crippen molar-refractivity contribution in [2.75, 3.05) is 25.3 Å². The largest absolute Gasteiger partial charge is 0.497 e. The number of nitrogens with zero attached hydrogens (tertiary/aromatic N) is 3. The fraction of sp³-hybridized carbons (Fsp3) is 0.364. The Kier molecular flexibility index (Phi) is 7.98. The average molecular weight is 491 g/mol. The number of anilines is 1. The van der Waals surface area contributed by atoms with E-state index in [-0.39, 0.29) is 17.8 Å². The first-order valence-corrected chi connectivity index (χ1v) is 11.9. The molecule has 3 aromatic rings. The van der Waals surface area contributed by atoms with Crippen LogP contribution in [0.2, 0.25) is 0 Å². The lowest BCUT2D eigenvalue weighted by Gasteiger charge is -2.14. The number of carbonyl (C=O) groups excluding carboxylic acids is 2. The van der Waals surface area contributed by atoms with Crippen LogP contribution in [0.15, 0.2) is 29.4 Å². The van der Waals surface area contributed by atoms with Crippen LogP contribution in [0, 0.1) is 13.8 Å². The number of nitrogens with one attached hydrogen (secondary N) is 1. The van der Waals surface area contributed by atoms with Crippen LogP contribution in [0.1, 0.15) is 39.7 Å². The fourth-order valence-electron chi connectivity index (χ4n) is 3.07. The number of benzene rings is 1. The minimum atomic E-state index is -0.469. The van der Waals surface area contributed by atoms with Crippen molar-refractivity contribution in [1.82, 2.24) is 14.8 Å². The zero-order chi connectivity index (χ0) is 24.1. The van der Waals surface area contributed by atoms with E-state index in [4.69, 9.17) is 14.2 Å². The SMILES string of the molecule is COC(=O)c1c(NC(=O)CSc2nnc(C(C)Oc3ccc(OC)cc3)n2C)sc(C)c1C. The molecule has 0 aliphatic rings. The zero-order valence-electron chi connectivity index (χ0n) is 19.3. The van der Waals surface area contributed by atoms with Crippen LogP contribution in [0.4, 0.5) is 5.00 Å². The molecule has 0 radical (unpaired) electrons. The monoisotopic (exact) mass is 490 g/mol. The molecule has 2 aromatic heterocycles. The first-order chi connectivity index (χ1) is 15.7. The van der Waals surface area contributed by atoms with E-state index in [1.807, 2.05) is 52.1 Å². The Labute approximate surface area is 200 Å². The third-order valence-electron chi connectivity index (χ3n) is 4.96. The number of methoxy groups -OCH3 is 2. The molecule has 0 saturated heterocycles. The van der Waals surface area contributed by atoms with Crippen LogP contribution >= 0.6 is 23.1 Å². The highest BCUT2D eigenvalue weighted by atomic mass is 32.2. The number of aryl methyl sites for hydroxylation is 1. The molecule has 0 aliphatic heterocycles. The second-order valence-electron chi connectivity index (χ2n) is 7.15. The number of hydrogen-bond acceptors (Lipinski definition) is 9. The van der Waals surface area contributed by atoms with Crippen LogP contribution in [-0.4, -0.2) is 46.6 Å². The summed E-state index contributed by atoms with van der Waals surface area (Å²) in [6.45, 7) is 5.61. The number of rotatable bonds is 9. The van der Waals surface area contributed by atoms with Gasteiger partial charge < -0.3 is 24.1 Å². The van der Waals surface area contributed by atoms with Crippen molar-refractivity contribution in [3.63, 3.8) is 0 Å². The highest BCUT2D eigenvalue weighted by molar-refractivity contribution is 7.99. The number of thiophene rings is 1. The number of amides is 1. The Bertz CT molecular complexity index is 1140. The molecule has 9 nitrogen and oxygen atoms in total. The molecule has 33 heavy (non-hydrogen) atoms. The average Bonchev–Trinajstić information content (AvgIpc) is 3.30. The summed E-state index contributed by atoms with van der Waals surface area (Å²) >= 11 is 2.60. The predicted molar refractivity (Wildman–Crippen MR) is 128 cm³/mol. The summed E-state index contributed by atoms with van der Waals surface area (Å²) in [6, 6.07) is 7.28. The molecule has 1 atom stereocenters. The summed E-state index contributed by atoms with van der Waals surface area (Å²) in [5.41, 5.74) is 1.20. The van der Waals surface area contributed by atoms with E-state index in [2.05, 4.69) is 15.5 Å². The molecule has 0 saturated carbocycles. The maximum atomic E-state index is 12.5. The minimum absolute atomic E-state index is 0.107. The lowest BCUT2D eigenvalue weighted by atomic mass is 10.1. The van der Waals surface area contributed by atoms with Gasteiger partial charge >= 0.3 is 5.97 Å². The first-order valence-electron chi connectivity index (χ1n) is 10.1. The van der Waals surface area contributed by atoms with Gasteiger partial charge in [0.2, 0.25) is 5.91 Å². The smallest absolute Gasteiger partial charge is 0.341 e. The second-order valence-corrected chi connectivity index (χ2v) is 9.32. The van der Waals surface area contributed by atoms with Gasteiger partial charge in [-0.1, -0.05) is 11.8 Å². The molecular formula is C22H26N4O5S2. The van der Waals surface area contributed by atoms with Crippen molar-refractivity contribution in [2.24, 2.45) is 7.05 Å². The van der Waals surface area contributed by atoms with Crippen molar-refractivity contribution in [3.05, 3.63) is 46.1 Å². The number of hydrogen-bond donors (Lipinski definition) is 1. The number of aromatic nitrogens is 3. The predicted octanol–water partition coefficient (Wildman–Crippen LogP) is 4.16. The molecular weight excluding hydrogens is 464 g/mol. The van der Waals surface area contributed by atoms with Crippen LogP contribution in [-0.2, 0) is 16.6 Å². The molecule has 0 aliphatic carbocycles. The Morgan fingerprint density at radius 2 is 1.82 bits per heavy atom. The molecule has 3 rings (SSSR count). The highest BCUT2D eigenvalue weighted by Gasteiger charge is 2.22. The van der Waals surface area contributed by atoms with Gasteiger partial charge in [0.15, 0.2) is 17.1 Å². The van der Waals surface area contributed by atoms with Gasteiger partial charge in [0.05, 0.1) is 25.5 Å². The standard InChI is InChI=1S/C22H26N4O5S2/c1-12-14(3)33-20(18(12)21(28)30-6)23-17(27)11-32-22-25-24-19(26(22)4)13(2)31-16-9-7-15(29-5)8-10-16/h7-10,13H,11H2,1-6H3,(H,23,27). The van der Waals surface area contributed by atoms with Crippen LogP contribution in [0.5, 0.6) is 11.5 Å². The third-order valence-corrected chi connectivity index (χ3v) is 7.11. The Balaban J connectivity index is 1.62. The van der Waals surface area contributed by atoms with E-state index >= 15 is 0 Å². The number of ether oxygens (including phenoxy) is 3. The molecule has 176 valence electrons. The van der Waals surface area contributed by atoms with Crippen molar-refractivity contribution in [2.45, 2.75) is 32.0 Å². The molecule has 11 heteroatoms. The Hall–Kier alpha value is -3.05. The van der Waals surface area contributed by atoms with Gasteiger partial charge in [-0.05, 0) is 50.6 Å². The van der Waals surface area contributed by atoms with Crippen LogP contribution < -0.4 is 14.8 Å². The van der Waals surface area contributed by atoms with E-state index in [9.17, 15) is 9.59 Å². The van der Waals surface area contributed by atoms with E-state index < -0.39 is 5.97 Å². The quantitative estimate of drug-likeness (QED) is 0.352. The zero-order valence-corrected chi connectivity index (χ0v) is 20.9. The van der Waals surface area contributed by atoms with Gasteiger partial charge in [0, 0.05) is 11.9 Å². The highest BCUT2D eigenvalue weighted by Crippen LogP contribution is 2.33. The summed E-state index contributed by atoms with van der Waals surface area (Å²) in [4.78, 5) is 25.6. The molecule has 1 amide bonds. The number of esters is 1. The molecule has 1 N–H and O–H groups in total. The summed E-state index contributed by atoms with van der Waals surface area (Å²) in [5.74, 6) is 1.45. The summed E-state index contributed by atoms with van der Waals surface area (Å²) in [7, 11) is 4.75. The van der Waals surface area contributed by atoms with Gasteiger partial charge in [0.25, 0.3) is 0 Å². The van der Waals surface area contributed by atoms with Crippen LogP contribution in [0.3, 0.4) is 0 Å². The van der Waals surface area contributed by atoms with Crippen molar-refractivity contribution in [3.8, 4) is 11.5 Å². The van der Waals surface area contributed by atoms with E-state index in [0.717, 1.165) is 16.2 Å². The van der Waals surface area contributed by atoms with Gasteiger partial charge in [-0.3, -0.25) is 4.79 Å². The summed E-state index contributed by atoms with van der Waals surface area (Å²) in [6.07, 6.45) is -0.348. The molecule has 0 spiro atoms.